The van der Waals surface area contributed by atoms with E-state index < -0.39 is 0 Å². The Labute approximate surface area is 176 Å². The molecule has 6 heteroatoms. The van der Waals surface area contributed by atoms with Crippen molar-refractivity contribution in [2.75, 3.05) is 44.2 Å². The van der Waals surface area contributed by atoms with Gasteiger partial charge in [-0.2, -0.15) is 0 Å². The van der Waals surface area contributed by atoms with Crippen LogP contribution in [-0.4, -0.2) is 54.6 Å². The van der Waals surface area contributed by atoms with Crippen LogP contribution in [0.2, 0.25) is 5.02 Å². The van der Waals surface area contributed by atoms with Gasteiger partial charge in [-0.15, -0.1) is 0 Å². The van der Waals surface area contributed by atoms with E-state index in [4.69, 9.17) is 11.6 Å². The first kappa shape index (κ1) is 19.8. The lowest BCUT2D eigenvalue weighted by atomic mass is 10.2. The van der Waals surface area contributed by atoms with Gasteiger partial charge in [0.1, 0.15) is 5.69 Å². The highest BCUT2D eigenvalue weighted by atomic mass is 35.5. The van der Waals surface area contributed by atoms with Crippen LogP contribution in [-0.2, 0) is 7.05 Å². The number of hydrogen-bond acceptors (Lipinski definition) is 3. The minimum atomic E-state index is -0.109. The van der Waals surface area contributed by atoms with E-state index in [1.165, 1.54) is 5.69 Å². The van der Waals surface area contributed by atoms with E-state index >= 15 is 0 Å². The fourth-order valence-corrected chi connectivity index (χ4v) is 4.43. The van der Waals surface area contributed by atoms with Gasteiger partial charge in [-0.1, -0.05) is 48.0 Å². The fraction of sp³-hybridized carbons (Fsp3) is 0.348. The minimum absolute atomic E-state index is 0.109. The van der Waals surface area contributed by atoms with E-state index in [0.29, 0.717) is 17.3 Å². The molecule has 0 saturated carbocycles. The van der Waals surface area contributed by atoms with Crippen LogP contribution in [0.1, 0.15) is 16.9 Å². The molecule has 3 aromatic rings. The Hall–Kier alpha value is -2.50. The van der Waals surface area contributed by atoms with Gasteiger partial charge in [0.05, 0.1) is 5.02 Å². The summed E-state index contributed by atoms with van der Waals surface area (Å²) in [6.45, 7) is 5.83. The predicted molar refractivity (Wildman–Crippen MR) is 120 cm³/mol. The largest absolute Gasteiger partial charge is 0.369 e. The number of anilines is 1. The van der Waals surface area contributed by atoms with Gasteiger partial charge in [0.25, 0.3) is 5.91 Å². The number of nitrogens with zero attached hydrogens (tertiary/aromatic N) is 3. The average molecular weight is 411 g/mol. The molecule has 1 saturated heterocycles. The molecule has 1 aliphatic heterocycles. The molecule has 152 valence electrons. The number of aromatic nitrogens is 1. The number of aryl methyl sites for hydroxylation is 1. The average Bonchev–Trinajstić information content (AvgIpc) is 3.03. The van der Waals surface area contributed by atoms with Gasteiger partial charge in [-0.05, 0) is 31.2 Å². The summed E-state index contributed by atoms with van der Waals surface area (Å²) in [6.07, 6.45) is 0.929. The molecule has 0 aliphatic carbocycles. The molecule has 1 aliphatic rings. The molecule has 0 radical (unpaired) electrons. The predicted octanol–water partition coefficient (Wildman–Crippen LogP) is 3.77. The van der Waals surface area contributed by atoms with Gasteiger partial charge in [-0.3, -0.25) is 9.69 Å². The highest BCUT2D eigenvalue weighted by Crippen LogP contribution is 2.29. The van der Waals surface area contributed by atoms with Crippen molar-refractivity contribution in [1.29, 1.82) is 0 Å². The Bertz CT molecular complexity index is 938. The summed E-state index contributed by atoms with van der Waals surface area (Å²) in [5.41, 5.74) is 2.80. The van der Waals surface area contributed by atoms with Crippen molar-refractivity contribution in [3.8, 4) is 0 Å². The van der Waals surface area contributed by atoms with E-state index in [2.05, 4.69) is 45.4 Å². The second kappa shape index (κ2) is 8.89. The zero-order chi connectivity index (χ0) is 20.2. The highest BCUT2D eigenvalue weighted by molar-refractivity contribution is 6.38. The zero-order valence-electron chi connectivity index (χ0n) is 16.8. The molecular formula is C23H27ClN4O. The molecular weight excluding hydrogens is 384 g/mol. The first-order valence-corrected chi connectivity index (χ1v) is 10.6. The Kier molecular flexibility index (Phi) is 6.07. The van der Waals surface area contributed by atoms with E-state index in [1.807, 2.05) is 35.9 Å². The van der Waals surface area contributed by atoms with Gasteiger partial charge in [0, 0.05) is 56.4 Å². The van der Waals surface area contributed by atoms with Crippen LogP contribution in [0.4, 0.5) is 5.69 Å². The molecule has 0 spiro atoms. The summed E-state index contributed by atoms with van der Waals surface area (Å²) < 4.78 is 1.87. The van der Waals surface area contributed by atoms with Gasteiger partial charge < -0.3 is 14.8 Å². The van der Waals surface area contributed by atoms with Crippen LogP contribution in [0, 0.1) is 0 Å². The standard InChI is InChI=1S/C23H27ClN4O/c1-26-20-11-6-5-10-19(20)21(24)22(26)23(29)25-12-7-13-27-14-16-28(17-15-27)18-8-3-2-4-9-18/h2-6,8-11H,7,12-17H2,1H3,(H,25,29). The van der Waals surface area contributed by atoms with E-state index in [0.717, 1.165) is 50.0 Å². The van der Waals surface area contributed by atoms with Crippen molar-refractivity contribution in [1.82, 2.24) is 14.8 Å². The number of halogens is 1. The summed E-state index contributed by atoms with van der Waals surface area (Å²) in [4.78, 5) is 17.6. The smallest absolute Gasteiger partial charge is 0.269 e. The minimum Gasteiger partial charge on any atom is -0.369 e. The number of nitrogens with one attached hydrogen (secondary N) is 1. The molecule has 0 bridgehead atoms. The number of fused-ring (bicyclic) bond motifs is 1. The van der Waals surface area contributed by atoms with E-state index in [-0.39, 0.29) is 5.91 Å². The molecule has 1 fully saturated rings. The second-order valence-electron chi connectivity index (χ2n) is 7.51. The number of hydrogen-bond donors (Lipinski definition) is 1. The third kappa shape index (κ3) is 4.26. The zero-order valence-corrected chi connectivity index (χ0v) is 17.5. The molecule has 2 heterocycles. The van der Waals surface area contributed by atoms with Gasteiger partial charge >= 0.3 is 0 Å². The van der Waals surface area contributed by atoms with E-state index in [1.54, 1.807) is 0 Å². The molecule has 0 atom stereocenters. The number of rotatable bonds is 6. The Balaban J connectivity index is 1.24. The quantitative estimate of drug-likeness (QED) is 0.629. The Morgan fingerprint density at radius 1 is 1.00 bits per heavy atom. The van der Waals surface area contributed by atoms with Crippen molar-refractivity contribution in [2.45, 2.75) is 6.42 Å². The van der Waals surface area contributed by atoms with Crippen LogP contribution < -0.4 is 10.2 Å². The van der Waals surface area contributed by atoms with E-state index in [9.17, 15) is 4.79 Å². The summed E-state index contributed by atoms with van der Waals surface area (Å²) in [5.74, 6) is -0.109. The third-order valence-electron chi connectivity index (χ3n) is 5.69. The van der Waals surface area contributed by atoms with Crippen molar-refractivity contribution in [3.05, 3.63) is 65.3 Å². The maximum absolute atomic E-state index is 12.7. The number of benzene rings is 2. The lowest BCUT2D eigenvalue weighted by Crippen LogP contribution is -2.47. The van der Waals surface area contributed by atoms with Gasteiger partial charge in [0.15, 0.2) is 0 Å². The van der Waals surface area contributed by atoms with Crippen molar-refractivity contribution in [3.63, 3.8) is 0 Å². The first-order valence-electron chi connectivity index (χ1n) is 10.2. The molecule has 5 nitrogen and oxygen atoms in total. The molecule has 29 heavy (non-hydrogen) atoms. The summed E-state index contributed by atoms with van der Waals surface area (Å²) in [6, 6.07) is 18.4. The molecule has 0 unspecified atom stereocenters. The van der Waals surface area contributed by atoms with Gasteiger partial charge in [-0.25, -0.2) is 0 Å². The topological polar surface area (TPSA) is 40.5 Å². The van der Waals surface area contributed by atoms with Gasteiger partial charge in [0.2, 0.25) is 0 Å². The number of carbonyl (C=O) groups excluding carboxylic acids is 1. The maximum Gasteiger partial charge on any atom is 0.269 e. The summed E-state index contributed by atoms with van der Waals surface area (Å²) >= 11 is 6.46. The second-order valence-corrected chi connectivity index (χ2v) is 7.89. The highest BCUT2D eigenvalue weighted by Gasteiger charge is 2.20. The number of para-hydroxylation sites is 2. The SMILES string of the molecule is Cn1c(C(=O)NCCCN2CCN(c3ccccc3)CC2)c(Cl)c2ccccc21. The summed E-state index contributed by atoms with van der Waals surface area (Å²) in [7, 11) is 1.88. The number of carbonyl (C=O) groups is 1. The molecule has 2 aromatic carbocycles. The molecule has 4 rings (SSSR count). The van der Waals surface area contributed by atoms with Crippen LogP contribution >= 0.6 is 11.6 Å². The van der Waals surface area contributed by atoms with Crippen LogP contribution in [0.15, 0.2) is 54.6 Å². The number of amides is 1. The summed E-state index contributed by atoms with van der Waals surface area (Å²) in [5, 5.41) is 4.47. The molecule has 1 aromatic heterocycles. The van der Waals surface area contributed by atoms with Crippen molar-refractivity contribution in [2.24, 2.45) is 7.05 Å². The molecule has 1 N–H and O–H groups in total. The lowest BCUT2D eigenvalue weighted by molar-refractivity contribution is 0.0944. The Morgan fingerprint density at radius 3 is 2.41 bits per heavy atom. The number of piperazine rings is 1. The van der Waals surface area contributed by atoms with Crippen molar-refractivity contribution >= 4 is 34.1 Å². The third-order valence-corrected chi connectivity index (χ3v) is 6.07. The lowest BCUT2D eigenvalue weighted by Gasteiger charge is -2.36. The monoisotopic (exact) mass is 410 g/mol. The van der Waals surface area contributed by atoms with Crippen LogP contribution in [0.25, 0.3) is 10.9 Å². The first-order chi connectivity index (χ1) is 14.1. The maximum atomic E-state index is 12.7. The Morgan fingerprint density at radius 2 is 1.69 bits per heavy atom. The fourth-order valence-electron chi connectivity index (χ4n) is 4.06. The van der Waals surface area contributed by atoms with Crippen LogP contribution in [0.3, 0.4) is 0 Å². The van der Waals surface area contributed by atoms with Crippen molar-refractivity contribution < 1.29 is 4.79 Å². The normalized spacial score (nSPS) is 15.0. The molecule has 1 amide bonds. The van der Waals surface area contributed by atoms with Crippen LogP contribution in [0.5, 0.6) is 0 Å².